The summed E-state index contributed by atoms with van der Waals surface area (Å²) in [7, 11) is 0. The molecule has 0 saturated heterocycles. The van der Waals surface area contributed by atoms with Crippen LogP contribution in [-0.2, 0) is 4.79 Å². The highest BCUT2D eigenvalue weighted by Crippen LogP contribution is 2.28. The zero-order valence-electron chi connectivity index (χ0n) is 10.6. The number of carboxylic acids is 1. The summed E-state index contributed by atoms with van der Waals surface area (Å²) in [6.07, 6.45) is -1.41. The lowest BCUT2D eigenvalue weighted by Gasteiger charge is -2.06. The first-order chi connectivity index (χ1) is 9.73. The third kappa shape index (κ3) is 3.94. The molecule has 0 unspecified atom stereocenters. The number of carbonyl (C=O) groups is 1. The molecule has 0 aromatic heterocycles. The quantitative estimate of drug-likeness (QED) is 0.392. The van der Waals surface area contributed by atoms with E-state index in [4.69, 9.17) is 5.11 Å². The number of hydrogen-bond acceptors (Lipinski definition) is 8. The Balaban J connectivity index is 3.19. The van der Waals surface area contributed by atoms with Crippen LogP contribution in [0.3, 0.4) is 0 Å². The maximum Gasteiger partial charge on any atom is 0.354 e. The van der Waals surface area contributed by atoms with Gasteiger partial charge in [-0.1, -0.05) is 0 Å². The SMILES string of the molecule is C[C@@H](O)/C(=N\Nc1ccc([N+](=O)[O-])cc1[N+](=O)[O-])C(=O)O. The summed E-state index contributed by atoms with van der Waals surface area (Å²) < 4.78 is 0. The van der Waals surface area contributed by atoms with E-state index in [0.29, 0.717) is 6.07 Å². The van der Waals surface area contributed by atoms with Gasteiger partial charge in [-0.05, 0) is 13.0 Å². The van der Waals surface area contributed by atoms with Crippen molar-refractivity contribution in [1.82, 2.24) is 0 Å². The predicted molar refractivity (Wildman–Crippen MR) is 70.1 cm³/mol. The highest BCUT2D eigenvalue weighted by molar-refractivity contribution is 6.37. The number of non-ortho nitro benzene ring substituents is 1. The Morgan fingerprint density at radius 2 is 1.95 bits per heavy atom. The topological polar surface area (TPSA) is 168 Å². The first kappa shape index (κ1) is 16.0. The molecule has 1 atom stereocenters. The average molecular weight is 298 g/mol. The molecule has 1 rings (SSSR count). The monoisotopic (exact) mass is 298 g/mol. The van der Waals surface area contributed by atoms with Crippen LogP contribution in [0.15, 0.2) is 23.3 Å². The maximum atomic E-state index is 10.8. The zero-order chi connectivity index (χ0) is 16.2. The minimum absolute atomic E-state index is 0.245. The molecule has 0 fully saturated rings. The molecular weight excluding hydrogens is 288 g/mol. The number of carboxylic acid groups (broad SMARTS) is 1. The predicted octanol–water partition coefficient (Wildman–Crippen LogP) is 0.736. The molecule has 0 saturated carbocycles. The van der Waals surface area contributed by atoms with Crippen molar-refractivity contribution in [2.75, 3.05) is 5.43 Å². The van der Waals surface area contributed by atoms with Gasteiger partial charge in [0.05, 0.1) is 15.9 Å². The second-order valence-electron chi connectivity index (χ2n) is 3.81. The molecule has 3 N–H and O–H groups in total. The largest absolute Gasteiger partial charge is 0.477 e. The molecule has 11 heteroatoms. The van der Waals surface area contributed by atoms with Crippen LogP contribution >= 0.6 is 0 Å². The molecule has 0 aliphatic rings. The highest BCUT2D eigenvalue weighted by atomic mass is 16.6. The number of aliphatic hydroxyl groups is 1. The van der Waals surface area contributed by atoms with Crippen molar-refractivity contribution in [2.24, 2.45) is 5.10 Å². The van der Waals surface area contributed by atoms with Gasteiger partial charge in [0.25, 0.3) is 5.69 Å². The van der Waals surface area contributed by atoms with Gasteiger partial charge < -0.3 is 10.2 Å². The summed E-state index contributed by atoms with van der Waals surface area (Å²) >= 11 is 0. The van der Waals surface area contributed by atoms with Crippen molar-refractivity contribution in [2.45, 2.75) is 13.0 Å². The Morgan fingerprint density at radius 1 is 1.33 bits per heavy atom. The van der Waals surface area contributed by atoms with Crippen LogP contribution < -0.4 is 5.43 Å². The van der Waals surface area contributed by atoms with E-state index in [1.807, 2.05) is 0 Å². The molecule has 0 bridgehead atoms. The summed E-state index contributed by atoms with van der Waals surface area (Å²) in [5.74, 6) is -1.51. The van der Waals surface area contributed by atoms with Gasteiger partial charge in [0, 0.05) is 6.07 Å². The summed E-state index contributed by atoms with van der Waals surface area (Å²) in [5.41, 5.74) is 0.0519. The Bertz CT molecular complexity index is 626. The van der Waals surface area contributed by atoms with Gasteiger partial charge in [-0.15, -0.1) is 0 Å². The fourth-order valence-electron chi connectivity index (χ4n) is 1.32. The summed E-state index contributed by atoms with van der Waals surface area (Å²) in [6.45, 7) is 1.15. The van der Waals surface area contributed by atoms with Gasteiger partial charge in [0.1, 0.15) is 11.8 Å². The molecule has 112 valence electrons. The van der Waals surface area contributed by atoms with E-state index < -0.39 is 39.0 Å². The van der Waals surface area contributed by atoms with E-state index in [1.54, 1.807) is 0 Å². The summed E-state index contributed by atoms with van der Waals surface area (Å²) in [6, 6.07) is 2.72. The number of rotatable bonds is 6. The maximum absolute atomic E-state index is 10.8. The number of nitrogens with zero attached hydrogens (tertiary/aromatic N) is 3. The van der Waals surface area contributed by atoms with Gasteiger partial charge in [0.2, 0.25) is 0 Å². The Morgan fingerprint density at radius 3 is 2.38 bits per heavy atom. The molecule has 0 aliphatic heterocycles. The van der Waals surface area contributed by atoms with Crippen molar-refractivity contribution in [3.8, 4) is 0 Å². The van der Waals surface area contributed by atoms with Crippen molar-refractivity contribution < 1.29 is 24.9 Å². The number of aliphatic carboxylic acids is 1. The Hall–Kier alpha value is -3.08. The van der Waals surface area contributed by atoms with Gasteiger partial charge in [-0.3, -0.25) is 25.7 Å². The normalized spacial score (nSPS) is 12.6. The molecule has 0 aliphatic carbocycles. The van der Waals surface area contributed by atoms with E-state index in [1.165, 1.54) is 0 Å². The minimum Gasteiger partial charge on any atom is -0.477 e. The lowest BCUT2D eigenvalue weighted by molar-refractivity contribution is -0.393. The second-order valence-corrected chi connectivity index (χ2v) is 3.81. The van der Waals surface area contributed by atoms with E-state index in [2.05, 4.69) is 10.5 Å². The molecule has 21 heavy (non-hydrogen) atoms. The first-order valence-corrected chi connectivity index (χ1v) is 5.41. The zero-order valence-corrected chi connectivity index (χ0v) is 10.6. The molecule has 1 aromatic carbocycles. The number of benzene rings is 1. The second kappa shape index (κ2) is 6.38. The third-order valence-corrected chi connectivity index (χ3v) is 2.30. The molecule has 11 nitrogen and oxygen atoms in total. The van der Waals surface area contributed by atoms with Crippen LogP contribution in [0.1, 0.15) is 6.92 Å². The number of anilines is 1. The molecule has 0 amide bonds. The number of hydrazone groups is 1. The Kier molecular flexibility index (Phi) is 4.86. The first-order valence-electron chi connectivity index (χ1n) is 5.41. The third-order valence-electron chi connectivity index (χ3n) is 2.30. The number of aliphatic hydroxyl groups excluding tert-OH is 1. The van der Waals surface area contributed by atoms with E-state index in [0.717, 1.165) is 19.1 Å². The van der Waals surface area contributed by atoms with Gasteiger partial charge >= 0.3 is 11.7 Å². The van der Waals surface area contributed by atoms with Gasteiger partial charge in [-0.2, -0.15) is 5.10 Å². The Labute approximate surface area is 116 Å². The van der Waals surface area contributed by atoms with E-state index in [-0.39, 0.29) is 5.69 Å². The minimum atomic E-state index is -1.51. The van der Waals surface area contributed by atoms with Crippen molar-refractivity contribution in [1.29, 1.82) is 0 Å². The molecule has 1 aromatic rings. The van der Waals surface area contributed by atoms with Crippen LogP contribution in [0.5, 0.6) is 0 Å². The fourth-order valence-corrected chi connectivity index (χ4v) is 1.32. The lowest BCUT2D eigenvalue weighted by Crippen LogP contribution is -2.26. The van der Waals surface area contributed by atoms with Crippen LogP contribution in [-0.4, -0.2) is 37.8 Å². The van der Waals surface area contributed by atoms with Crippen molar-refractivity contribution in [3.05, 3.63) is 38.4 Å². The number of nitro benzene ring substituents is 2. The number of hydrogen-bond donors (Lipinski definition) is 3. The van der Waals surface area contributed by atoms with Crippen LogP contribution in [0, 0.1) is 20.2 Å². The van der Waals surface area contributed by atoms with E-state index >= 15 is 0 Å². The molecule has 0 spiro atoms. The van der Waals surface area contributed by atoms with E-state index in [9.17, 15) is 30.1 Å². The van der Waals surface area contributed by atoms with Crippen molar-refractivity contribution >= 4 is 28.7 Å². The highest BCUT2D eigenvalue weighted by Gasteiger charge is 2.21. The standard InChI is InChI=1S/C10H10N4O7/c1-5(15)9(10(16)17)12-11-7-3-2-6(13(18)19)4-8(7)14(20)21/h2-5,11,15H,1H3,(H,16,17)/b12-9+/t5-/m1/s1. The van der Waals surface area contributed by atoms with Gasteiger partial charge in [-0.25, -0.2) is 4.79 Å². The lowest BCUT2D eigenvalue weighted by atomic mass is 10.2. The molecule has 0 radical (unpaired) electrons. The van der Waals surface area contributed by atoms with Crippen molar-refractivity contribution in [3.63, 3.8) is 0 Å². The fraction of sp³-hybridized carbons (Fsp3) is 0.200. The summed E-state index contributed by atoms with van der Waals surface area (Å²) in [4.78, 5) is 30.5. The smallest absolute Gasteiger partial charge is 0.354 e. The van der Waals surface area contributed by atoms with Crippen LogP contribution in [0.25, 0.3) is 0 Å². The summed E-state index contributed by atoms with van der Waals surface area (Å²) in [5, 5.41) is 42.7. The average Bonchev–Trinajstić information content (AvgIpc) is 2.37. The molecular formula is C10H10N4O7. The van der Waals surface area contributed by atoms with Crippen LogP contribution in [0.2, 0.25) is 0 Å². The number of nitrogens with one attached hydrogen (secondary N) is 1. The molecule has 0 heterocycles. The number of nitro groups is 2. The van der Waals surface area contributed by atoms with Gasteiger partial charge in [0.15, 0.2) is 5.71 Å². The van der Waals surface area contributed by atoms with Crippen LogP contribution in [0.4, 0.5) is 17.1 Å².